The summed E-state index contributed by atoms with van der Waals surface area (Å²) in [5, 5.41) is 12.0. The lowest BCUT2D eigenvalue weighted by molar-refractivity contribution is 0.0933. The average Bonchev–Trinajstić information content (AvgIpc) is 3.27. The smallest absolute Gasteiger partial charge is 0.270 e. The number of aromatic nitrogens is 2. The van der Waals surface area contributed by atoms with Gasteiger partial charge in [-0.1, -0.05) is 6.07 Å². The zero-order valence-electron chi connectivity index (χ0n) is 11.8. The summed E-state index contributed by atoms with van der Waals surface area (Å²) < 4.78 is 1.38. The normalized spacial score (nSPS) is 15.9. The van der Waals surface area contributed by atoms with Crippen molar-refractivity contribution >= 4 is 11.6 Å². The number of aliphatic hydroxyl groups is 1. The lowest BCUT2D eigenvalue weighted by Crippen LogP contribution is -2.36. The molecule has 0 radical (unpaired) electrons. The number of aryl methyl sites for hydroxylation is 1. The van der Waals surface area contributed by atoms with Crippen LogP contribution in [0.5, 0.6) is 0 Å². The standard InChI is InChI=1S/C15H17N3O3/c1-10-3-2-6-18-12(10)16-7-11(14(18)21)13(20)17-8-15(9-19)4-5-15/h2-3,6-7,19H,4-5,8-9H2,1H3,(H,17,20). The number of aliphatic hydroxyl groups excluding tert-OH is 1. The van der Waals surface area contributed by atoms with Gasteiger partial charge in [0.25, 0.3) is 11.5 Å². The van der Waals surface area contributed by atoms with Crippen LogP contribution in [0.3, 0.4) is 0 Å². The fourth-order valence-electron chi connectivity index (χ4n) is 2.33. The summed E-state index contributed by atoms with van der Waals surface area (Å²) in [6.45, 7) is 2.30. The molecule has 1 fully saturated rings. The molecular weight excluding hydrogens is 270 g/mol. The molecule has 0 unspecified atom stereocenters. The number of nitrogens with zero attached hydrogens (tertiary/aromatic N) is 2. The molecule has 2 heterocycles. The Bertz CT molecular complexity index is 762. The summed E-state index contributed by atoms with van der Waals surface area (Å²) in [7, 11) is 0. The van der Waals surface area contributed by atoms with Crippen molar-refractivity contribution in [1.82, 2.24) is 14.7 Å². The number of hydrogen-bond acceptors (Lipinski definition) is 4. The molecule has 1 aliphatic carbocycles. The molecule has 2 aromatic heterocycles. The summed E-state index contributed by atoms with van der Waals surface area (Å²) in [6.07, 6.45) is 4.72. The molecule has 0 saturated heterocycles. The van der Waals surface area contributed by atoms with Crippen LogP contribution in [-0.4, -0.2) is 33.6 Å². The highest BCUT2D eigenvalue weighted by atomic mass is 16.3. The van der Waals surface area contributed by atoms with E-state index in [1.165, 1.54) is 10.6 Å². The van der Waals surface area contributed by atoms with E-state index in [9.17, 15) is 14.7 Å². The molecule has 110 valence electrons. The molecule has 0 aromatic carbocycles. The maximum atomic E-state index is 12.3. The van der Waals surface area contributed by atoms with Crippen LogP contribution < -0.4 is 10.9 Å². The summed E-state index contributed by atoms with van der Waals surface area (Å²) in [5.74, 6) is -0.442. The monoisotopic (exact) mass is 287 g/mol. The van der Waals surface area contributed by atoms with Gasteiger partial charge in [0.1, 0.15) is 11.2 Å². The predicted octanol–water partition coefficient (Wildman–Crippen LogP) is 0.505. The van der Waals surface area contributed by atoms with Crippen LogP contribution in [0.15, 0.2) is 29.3 Å². The van der Waals surface area contributed by atoms with Crippen LogP contribution in [0.25, 0.3) is 5.65 Å². The summed E-state index contributed by atoms with van der Waals surface area (Å²) in [5.41, 5.74) is 0.876. The summed E-state index contributed by atoms with van der Waals surface area (Å²) in [4.78, 5) is 28.7. The lowest BCUT2D eigenvalue weighted by atomic mass is 10.1. The van der Waals surface area contributed by atoms with Crippen molar-refractivity contribution in [1.29, 1.82) is 0 Å². The zero-order valence-corrected chi connectivity index (χ0v) is 11.8. The van der Waals surface area contributed by atoms with E-state index in [0.717, 1.165) is 18.4 Å². The first-order valence-electron chi connectivity index (χ1n) is 6.92. The topological polar surface area (TPSA) is 83.7 Å². The molecule has 3 rings (SSSR count). The summed E-state index contributed by atoms with van der Waals surface area (Å²) >= 11 is 0. The average molecular weight is 287 g/mol. The molecule has 1 saturated carbocycles. The van der Waals surface area contributed by atoms with Crippen molar-refractivity contribution in [3.05, 3.63) is 46.0 Å². The fourth-order valence-corrected chi connectivity index (χ4v) is 2.33. The second-order valence-corrected chi connectivity index (χ2v) is 5.70. The number of nitrogens with one attached hydrogen (secondary N) is 1. The number of hydrogen-bond donors (Lipinski definition) is 2. The van der Waals surface area contributed by atoms with E-state index in [2.05, 4.69) is 10.3 Å². The molecule has 21 heavy (non-hydrogen) atoms. The molecule has 6 heteroatoms. The third-order valence-corrected chi connectivity index (χ3v) is 4.09. The van der Waals surface area contributed by atoms with E-state index in [0.29, 0.717) is 12.2 Å². The van der Waals surface area contributed by atoms with E-state index in [-0.39, 0.29) is 23.1 Å². The van der Waals surface area contributed by atoms with E-state index in [4.69, 9.17) is 0 Å². The molecule has 6 nitrogen and oxygen atoms in total. The highest BCUT2D eigenvalue weighted by molar-refractivity contribution is 5.93. The third-order valence-electron chi connectivity index (χ3n) is 4.09. The van der Waals surface area contributed by atoms with Gasteiger partial charge in [-0.15, -0.1) is 0 Å². The first-order chi connectivity index (χ1) is 10.1. The highest BCUT2D eigenvalue weighted by Crippen LogP contribution is 2.44. The second-order valence-electron chi connectivity index (χ2n) is 5.70. The first kappa shape index (κ1) is 13.8. The predicted molar refractivity (Wildman–Crippen MR) is 77.3 cm³/mol. The van der Waals surface area contributed by atoms with Crippen LogP contribution in [-0.2, 0) is 0 Å². The van der Waals surface area contributed by atoms with Gasteiger partial charge < -0.3 is 10.4 Å². The minimum Gasteiger partial charge on any atom is -0.396 e. The largest absolute Gasteiger partial charge is 0.396 e. The van der Waals surface area contributed by atoms with Crippen LogP contribution in [0.4, 0.5) is 0 Å². The first-order valence-corrected chi connectivity index (χ1v) is 6.92. The minimum absolute atomic E-state index is 0.0202. The Morgan fingerprint density at radius 1 is 1.52 bits per heavy atom. The van der Waals surface area contributed by atoms with Crippen molar-refractivity contribution in [2.24, 2.45) is 5.41 Å². The van der Waals surface area contributed by atoms with Gasteiger partial charge >= 0.3 is 0 Å². The fraction of sp³-hybridized carbons (Fsp3) is 0.400. The van der Waals surface area contributed by atoms with Crippen LogP contribution in [0.1, 0.15) is 28.8 Å². The van der Waals surface area contributed by atoms with Gasteiger partial charge in [-0.25, -0.2) is 4.98 Å². The molecule has 1 aliphatic rings. The van der Waals surface area contributed by atoms with E-state index < -0.39 is 5.91 Å². The van der Waals surface area contributed by atoms with Gasteiger partial charge in [-0.3, -0.25) is 14.0 Å². The molecule has 0 spiro atoms. The van der Waals surface area contributed by atoms with Gasteiger partial charge in [0.15, 0.2) is 0 Å². The molecule has 0 aliphatic heterocycles. The quantitative estimate of drug-likeness (QED) is 0.858. The van der Waals surface area contributed by atoms with Gasteiger partial charge in [0, 0.05) is 24.4 Å². The molecular formula is C15H17N3O3. The van der Waals surface area contributed by atoms with Crippen molar-refractivity contribution in [2.75, 3.05) is 13.2 Å². The number of amides is 1. The van der Waals surface area contributed by atoms with Crippen LogP contribution >= 0.6 is 0 Å². The number of carbonyl (C=O) groups excluding carboxylic acids is 1. The van der Waals surface area contributed by atoms with E-state index >= 15 is 0 Å². The van der Waals surface area contributed by atoms with Gasteiger partial charge in [0.05, 0.1) is 6.61 Å². The second kappa shape index (κ2) is 4.96. The third kappa shape index (κ3) is 2.42. The summed E-state index contributed by atoms with van der Waals surface area (Å²) in [6, 6.07) is 3.61. The van der Waals surface area contributed by atoms with Crippen molar-refractivity contribution in [2.45, 2.75) is 19.8 Å². The number of pyridine rings is 1. The Labute approximate surface area is 121 Å². The Hall–Kier alpha value is -2.21. The van der Waals surface area contributed by atoms with Crippen molar-refractivity contribution in [3.8, 4) is 0 Å². The maximum absolute atomic E-state index is 12.3. The van der Waals surface area contributed by atoms with E-state index in [1.807, 2.05) is 13.0 Å². The van der Waals surface area contributed by atoms with Gasteiger partial charge in [-0.2, -0.15) is 0 Å². The number of fused-ring (bicyclic) bond motifs is 1. The van der Waals surface area contributed by atoms with Crippen LogP contribution in [0.2, 0.25) is 0 Å². The minimum atomic E-state index is -0.442. The Balaban J connectivity index is 1.88. The Morgan fingerprint density at radius 3 is 2.95 bits per heavy atom. The van der Waals surface area contributed by atoms with Crippen LogP contribution in [0, 0.1) is 12.3 Å². The van der Waals surface area contributed by atoms with Gasteiger partial charge in [0.2, 0.25) is 0 Å². The Kier molecular flexibility index (Phi) is 3.25. The molecule has 0 atom stereocenters. The number of carbonyl (C=O) groups is 1. The van der Waals surface area contributed by atoms with E-state index in [1.54, 1.807) is 12.3 Å². The lowest BCUT2D eigenvalue weighted by Gasteiger charge is -2.12. The molecule has 0 bridgehead atoms. The van der Waals surface area contributed by atoms with Gasteiger partial charge in [-0.05, 0) is 31.4 Å². The number of rotatable bonds is 4. The highest BCUT2D eigenvalue weighted by Gasteiger charge is 2.42. The zero-order chi connectivity index (χ0) is 15.0. The maximum Gasteiger partial charge on any atom is 0.270 e. The molecule has 2 N–H and O–H groups in total. The van der Waals surface area contributed by atoms with Crippen molar-refractivity contribution < 1.29 is 9.90 Å². The molecule has 1 amide bonds. The van der Waals surface area contributed by atoms with Crippen molar-refractivity contribution in [3.63, 3.8) is 0 Å². The molecule has 2 aromatic rings. The Morgan fingerprint density at radius 2 is 2.29 bits per heavy atom. The SMILES string of the molecule is Cc1cccn2c(=O)c(C(=O)NCC3(CO)CC3)cnc12.